The number of hydrogen-bond donors (Lipinski definition) is 3. The van der Waals surface area contributed by atoms with Crippen LogP contribution in [0.1, 0.15) is 60.7 Å². The average Bonchev–Trinajstić information content (AvgIpc) is 4.14. The van der Waals surface area contributed by atoms with E-state index in [9.17, 15) is 19.2 Å². The van der Waals surface area contributed by atoms with Gasteiger partial charge < -0.3 is 39.6 Å². The Labute approximate surface area is 366 Å². The predicted octanol–water partition coefficient (Wildman–Crippen LogP) is 6.55. The van der Waals surface area contributed by atoms with Crippen molar-refractivity contribution in [1.82, 2.24) is 44.9 Å². The van der Waals surface area contributed by atoms with Crippen LogP contribution in [0.25, 0.3) is 33.6 Å². The van der Waals surface area contributed by atoms with Crippen molar-refractivity contribution in [2.24, 2.45) is 0 Å². The van der Waals surface area contributed by atoms with Crippen molar-refractivity contribution in [3.8, 4) is 33.6 Å². The van der Waals surface area contributed by atoms with Gasteiger partial charge >= 0.3 is 6.03 Å². The zero-order valence-corrected chi connectivity index (χ0v) is 35.3. The number of carbonyl (C=O) groups is 4. The Bertz CT molecular complexity index is 2540. The molecule has 14 nitrogen and oxygen atoms in total. The van der Waals surface area contributed by atoms with Gasteiger partial charge in [0.15, 0.2) is 0 Å². The monoisotopic (exact) mass is 845 g/mol. The molecule has 0 spiro atoms. The quantitative estimate of drug-likeness (QED) is 0.141. The van der Waals surface area contributed by atoms with Crippen molar-refractivity contribution in [2.75, 3.05) is 52.5 Å². The van der Waals surface area contributed by atoms with Gasteiger partial charge in [0, 0.05) is 46.2 Å². The summed E-state index contributed by atoms with van der Waals surface area (Å²) in [6.45, 7) is 5.35. The molecule has 5 heterocycles. The summed E-state index contributed by atoms with van der Waals surface area (Å²) in [4.78, 5) is 77.1. The van der Waals surface area contributed by atoms with E-state index < -0.39 is 6.04 Å². The third-order valence-corrected chi connectivity index (χ3v) is 12.4. The summed E-state index contributed by atoms with van der Waals surface area (Å²) in [5.41, 5.74) is 7.38. The largest absolute Gasteiger partial charge is 0.378 e. The minimum absolute atomic E-state index is 0.00323. The fraction of sp³-hybridized carbons (Fsp3) is 0.306. The molecule has 63 heavy (non-hydrogen) atoms. The van der Waals surface area contributed by atoms with Crippen LogP contribution in [0.3, 0.4) is 0 Å². The second kappa shape index (κ2) is 18.5. The van der Waals surface area contributed by atoms with E-state index in [-0.39, 0.29) is 42.3 Å². The molecule has 3 aliphatic heterocycles. The summed E-state index contributed by atoms with van der Waals surface area (Å²) in [5, 5.41) is 3.02. The number of aromatic amines is 2. The lowest BCUT2D eigenvalue weighted by atomic mass is 10.0. The van der Waals surface area contributed by atoms with E-state index in [1.165, 1.54) is 0 Å². The second-order valence-electron chi connectivity index (χ2n) is 16.3. The molecular weight excluding hydrogens is 795 g/mol. The van der Waals surface area contributed by atoms with Gasteiger partial charge in [0.05, 0.1) is 49.5 Å². The molecule has 3 atom stereocenters. The first-order chi connectivity index (χ1) is 30.8. The van der Waals surface area contributed by atoms with Crippen LogP contribution in [-0.2, 0) is 25.5 Å². The summed E-state index contributed by atoms with van der Waals surface area (Å²) in [7, 11) is 0. The third-order valence-electron chi connectivity index (χ3n) is 12.4. The summed E-state index contributed by atoms with van der Waals surface area (Å²) < 4.78 is 5.42. The van der Waals surface area contributed by atoms with E-state index in [1.54, 1.807) is 22.9 Å². The Morgan fingerprint density at radius 3 is 1.84 bits per heavy atom. The van der Waals surface area contributed by atoms with Crippen molar-refractivity contribution in [3.63, 3.8) is 0 Å². The molecule has 5 amide bonds. The van der Waals surface area contributed by atoms with Crippen LogP contribution < -0.4 is 5.32 Å². The number of nitrogens with zero attached hydrogens (tertiary/aromatic N) is 6. The number of piperazine rings is 1. The molecule has 6 aromatic rings. The standard InChI is InChI=1S/C49H51N9O5/c1-33(59)56-23-24-57(44(60)29-34-9-4-2-5-10-34)43(32-56)47-51-31-41(53-47)38-20-16-36(17-21-38)35-14-18-37(19-15-35)40-30-50-46(52-40)42-13-8-22-58(42)48(61)45(39-11-6-3-7-12-39)54-49(62)55-25-27-63-28-26-55/h2-7,9-12,14-21,30-31,42-43,45H,8,13,22-29,32H2,1H3,(H,50,52)(H,51,53)(H,54,62)/t42?,43?,45-/m1/s1. The van der Waals surface area contributed by atoms with Gasteiger partial charge in [-0.25, -0.2) is 14.8 Å². The number of imidazole rings is 2. The fourth-order valence-electron chi connectivity index (χ4n) is 8.86. The molecule has 2 aromatic heterocycles. The van der Waals surface area contributed by atoms with Crippen LogP contribution >= 0.6 is 0 Å². The molecule has 0 bridgehead atoms. The third kappa shape index (κ3) is 9.12. The Morgan fingerprint density at radius 2 is 1.24 bits per heavy atom. The van der Waals surface area contributed by atoms with Crippen LogP contribution in [0, 0.1) is 0 Å². The molecule has 3 saturated heterocycles. The lowest BCUT2D eigenvalue weighted by molar-refractivity contribution is -0.142. The number of hydrogen-bond acceptors (Lipinski definition) is 7. The van der Waals surface area contributed by atoms with E-state index in [0.29, 0.717) is 58.3 Å². The number of amides is 5. The first-order valence-electron chi connectivity index (χ1n) is 21.7. The van der Waals surface area contributed by atoms with Crippen molar-refractivity contribution in [1.29, 1.82) is 0 Å². The van der Waals surface area contributed by atoms with E-state index in [0.717, 1.165) is 63.4 Å². The highest BCUT2D eigenvalue weighted by molar-refractivity contribution is 5.89. The molecule has 14 heteroatoms. The van der Waals surface area contributed by atoms with Gasteiger partial charge in [-0.3, -0.25) is 14.4 Å². The Hall–Kier alpha value is -7.06. The lowest BCUT2D eigenvalue weighted by Crippen LogP contribution is -2.52. The SMILES string of the molecule is CC(=O)N1CCN(C(=O)Cc2ccccc2)C(c2ncc(-c3ccc(-c4ccc(-c5cnc(C6CCCN6C(=O)[C@H](NC(=O)N6CCOCC6)c6ccccc6)[nH]5)cc4)cc3)[nH]2)C1. The smallest absolute Gasteiger partial charge is 0.318 e. The first kappa shape index (κ1) is 41.3. The molecule has 322 valence electrons. The van der Waals surface area contributed by atoms with Gasteiger partial charge in [-0.1, -0.05) is 109 Å². The summed E-state index contributed by atoms with van der Waals surface area (Å²) in [6, 6.07) is 33.9. The minimum atomic E-state index is -0.829. The zero-order chi connectivity index (χ0) is 43.3. The minimum Gasteiger partial charge on any atom is -0.378 e. The van der Waals surface area contributed by atoms with Gasteiger partial charge in [0.1, 0.15) is 23.7 Å². The molecule has 0 radical (unpaired) electrons. The number of likely N-dealkylation sites (tertiary alicyclic amines) is 1. The summed E-state index contributed by atoms with van der Waals surface area (Å²) in [5.74, 6) is 1.19. The molecule has 0 saturated carbocycles. The topological polar surface area (TPSA) is 160 Å². The molecule has 9 rings (SSSR count). The molecular formula is C49H51N9O5. The Kier molecular flexibility index (Phi) is 12.1. The van der Waals surface area contributed by atoms with Crippen molar-refractivity contribution < 1.29 is 23.9 Å². The van der Waals surface area contributed by atoms with Crippen LogP contribution in [0.15, 0.2) is 122 Å². The average molecular weight is 846 g/mol. The maximum Gasteiger partial charge on any atom is 0.318 e. The van der Waals surface area contributed by atoms with Gasteiger partial charge in [0.25, 0.3) is 0 Å². The molecule has 3 N–H and O–H groups in total. The van der Waals surface area contributed by atoms with Gasteiger partial charge in [-0.15, -0.1) is 0 Å². The van der Waals surface area contributed by atoms with E-state index >= 15 is 0 Å². The second-order valence-corrected chi connectivity index (χ2v) is 16.3. The number of morpholine rings is 1. The normalized spacial score (nSPS) is 18.3. The number of carbonyl (C=O) groups excluding carboxylic acids is 4. The van der Waals surface area contributed by atoms with Crippen molar-refractivity contribution in [2.45, 2.75) is 44.3 Å². The number of urea groups is 1. The fourth-order valence-corrected chi connectivity index (χ4v) is 8.86. The highest BCUT2D eigenvalue weighted by Gasteiger charge is 2.38. The van der Waals surface area contributed by atoms with Gasteiger partial charge in [-0.2, -0.15) is 0 Å². The van der Waals surface area contributed by atoms with Crippen molar-refractivity contribution in [3.05, 3.63) is 144 Å². The van der Waals surface area contributed by atoms with Crippen LogP contribution in [0.5, 0.6) is 0 Å². The Morgan fingerprint density at radius 1 is 0.667 bits per heavy atom. The van der Waals surface area contributed by atoms with Gasteiger partial charge in [0.2, 0.25) is 17.7 Å². The number of aromatic nitrogens is 4. The summed E-state index contributed by atoms with van der Waals surface area (Å²) in [6.07, 6.45) is 5.48. The Balaban J connectivity index is 0.864. The van der Waals surface area contributed by atoms with Crippen LogP contribution in [0.4, 0.5) is 4.79 Å². The first-order valence-corrected chi connectivity index (χ1v) is 21.7. The van der Waals surface area contributed by atoms with Crippen LogP contribution in [-0.4, -0.2) is 116 Å². The van der Waals surface area contributed by atoms with E-state index in [4.69, 9.17) is 14.7 Å². The zero-order valence-electron chi connectivity index (χ0n) is 35.3. The maximum absolute atomic E-state index is 14.3. The molecule has 3 fully saturated rings. The van der Waals surface area contributed by atoms with Gasteiger partial charge in [-0.05, 0) is 46.2 Å². The highest BCUT2D eigenvalue weighted by atomic mass is 16.5. The molecule has 3 aliphatic rings. The number of H-pyrrole nitrogens is 2. The van der Waals surface area contributed by atoms with E-state index in [2.05, 4.69) is 51.7 Å². The number of benzene rings is 4. The lowest BCUT2D eigenvalue weighted by Gasteiger charge is -2.40. The predicted molar refractivity (Wildman–Crippen MR) is 238 cm³/mol. The highest BCUT2D eigenvalue weighted by Crippen LogP contribution is 2.35. The number of ether oxygens (including phenoxy) is 1. The molecule has 0 aliphatic carbocycles. The number of nitrogens with one attached hydrogen (secondary N) is 3. The van der Waals surface area contributed by atoms with Crippen LogP contribution in [0.2, 0.25) is 0 Å². The number of rotatable bonds is 10. The molecule has 4 aromatic carbocycles. The van der Waals surface area contributed by atoms with E-state index in [1.807, 2.05) is 88.8 Å². The maximum atomic E-state index is 14.3. The molecule has 2 unspecified atom stereocenters. The summed E-state index contributed by atoms with van der Waals surface area (Å²) >= 11 is 0. The van der Waals surface area contributed by atoms with Crippen molar-refractivity contribution >= 4 is 23.8 Å².